The summed E-state index contributed by atoms with van der Waals surface area (Å²) in [6.45, 7) is 5.03. The van der Waals surface area contributed by atoms with Crippen molar-refractivity contribution >= 4 is 5.91 Å². The van der Waals surface area contributed by atoms with Gasteiger partial charge >= 0.3 is 0 Å². The van der Waals surface area contributed by atoms with Crippen molar-refractivity contribution in [3.8, 4) is 0 Å². The largest absolute Gasteiger partial charge is 0.352 e. The zero-order valence-corrected chi connectivity index (χ0v) is 12.7. The van der Waals surface area contributed by atoms with Crippen molar-refractivity contribution in [2.24, 2.45) is 5.92 Å². The molecule has 2 heterocycles. The summed E-state index contributed by atoms with van der Waals surface area (Å²) in [5.74, 6) is 1.08. The number of hydrogen-bond acceptors (Lipinski definition) is 3. The van der Waals surface area contributed by atoms with Crippen LogP contribution in [0, 0.1) is 5.92 Å². The fourth-order valence-corrected chi connectivity index (χ4v) is 4.04. The SMILES string of the molecule is CC1CCC(NC(=O)CN2CCC3CCC(C2)N3)CC1. The molecule has 0 aromatic rings. The van der Waals surface area contributed by atoms with E-state index in [1.165, 1.54) is 44.9 Å². The Morgan fingerprint density at radius 3 is 2.65 bits per heavy atom. The number of fused-ring (bicyclic) bond motifs is 2. The van der Waals surface area contributed by atoms with Gasteiger partial charge in [0.25, 0.3) is 0 Å². The lowest BCUT2D eigenvalue weighted by Crippen LogP contribution is -2.45. The van der Waals surface area contributed by atoms with Crippen LogP contribution in [0.25, 0.3) is 0 Å². The highest BCUT2D eigenvalue weighted by Gasteiger charge is 2.30. The van der Waals surface area contributed by atoms with Crippen molar-refractivity contribution in [2.75, 3.05) is 19.6 Å². The summed E-state index contributed by atoms with van der Waals surface area (Å²) in [6, 6.07) is 1.75. The van der Waals surface area contributed by atoms with Crippen LogP contribution < -0.4 is 10.6 Å². The van der Waals surface area contributed by atoms with Crippen LogP contribution in [-0.2, 0) is 4.79 Å². The highest BCUT2D eigenvalue weighted by atomic mass is 16.2. The predicted molar refractivity (Wildman–Crippen MR) is 80.6 cm³/mol. The van der Waals surface area contributed by atoms with Gasteiger partial charge in [0.2, 0.25) is 5.91 Å². The standard InChI is InChI=1S/C16H29N3O/c1-12-2-4-13(5-3-12)18-16(20)11-19-9-8-14-6-7-15(10-19)17-14/h12-15,17H,2-11H2,1H3,(H,18,20). The van der Waals surface area contributed by atoms with Crippen molar-refractivity contribution in [1.29, 1.82) is 0 Å². The molecule has 0 radical (unpaired) electrons. The first-order valence-electron chi connectivity index (χ1n) is 8.47. The fraction of sp³-hybridized carbons (Fsp3) is 0.938. The summed E-state index contributed by atoms with van der Waals surface area (Å²) in [6.07, 6.45) is 8.67. The molecule has 3 aliphatic rings. The van der Waals surface area contributed by atoms with E-state index in [2.05, 4.69) is 22.5 Å². The molecule has 2 unspecified atom stereocenters. The lowest BCUT2D eigenvalue weighted by atomic mass is 9.87. The maximum atomic E-state index is 12.2. The lowest BCUT2D eigenvalue weighted by Gasteiger charge is -2.28. The molecule has 1 amide bonds. The van der Waals surface area contributed by atoms with Gasteiger partial charge < -0.3 is 10.6 Å². The first-order chi connectivity index (χ1) is 9.69. The Kier molecular flexibility index (Phi) is 4.61. The van der Waals surface area contributed by atoms with E-state index in [1.54, 1.807) is 0 Å². The Labute approximate surface area is 122 Å². The fourth-order valence-electron chi connectivity index (χ4n) is 4.04. The van der Waals surface area contributed by atoms with Crippen molar-refractivity contribution in [1.82, 2.24) is 15.5 Å². The molecule has 4 heteroatoms. The van der Waals surface area contributed by atoms with Crippen LogP contribution in [0.2, 0.25) is 0 Å². The topological polar surface area (TPSA) is 44.4 Å². The smallest absolute Gasteiger partial charge is 0.234 e. The van der Waals surface area contributed by atoms with Crippen LogP contribution in [0.4, 0.5) is 0 Å². The van der Waals surface area contributed by atoms with E-state index in [0.29, 0.717) is 24.7 Å². The van der Waals surface area contributed by atoms with E-state index >= 15 is 0 Å². The van der Waals surface area contributed by atoms with Crippen molar-refractivity contribution in [3.63, 3.8) is 0 Å². The molecule has 114 valence electrons. The third kappa shape index (κ3) is 3.73. The number of nitrogens with zero attached hydrogens (tertiary/aromatic N) is 1. The minimum absolute atomic E-state index is 0.238. The zero-order valence-electron chi connectivity index (χ0n) is 12.7. The molecule has 4 nitrogen and oxygen atoms in total. The summed E-state index contributed by atoms with van der Waals surface area (Å²) in [5, 5.41) is 6.92. The molecule has 1 aliphatic carbocycles. The van der Waals surface area contributed by atoms with E-state index < -0.39 is 0 Å². The summed E-state index contributed by atoms with van der Waals surface area (Å²) in [4.78, 5) is 14.6. The molecular weight excluding hydrogens is 250 g/mol. The Hall–Kier alpha value is -0.610. The van der Waals surface area contributed by atoms with Gasteiger partial charge in [0.1, 0.15) is 0 Å². The van der Waals surface area contributed by atoms with Crippen LogP contribution in [0.5, 0.6) is 0 Å². The van der Waals surface area contributed by atoms with Gasteiger partial charge in [0.15, 0.2) is 0 Å². The first kappa shape index (κ1) is 14.3. The van der Waals surface area contributed by atoms with E-state index in [1.807, 2.05) is 0 Å². The summed E-state index contributed by atoms with van der Waals surface area (Å²) >= 11 is 0. The molecule has 2 saturated heterocycles. The van der Waals surface area contributed by atoms with E-state index in [9.17, 15) is 4.79 Å². The monoisotopic (exact) mass is 279 g/mol. The van der Waals surface area contributed by atoms with Gasteiger partial charge in [0.05, 0.1) is 6.54 Å². The molecular formula is C16H29N3O. The summed E-state index contributed by atoms with van der Waals surface area (Å²) in [5.41, 5.74) is 0. The van der Waals surface area contributed by atoms with Crippen LogP contribution in [-0.4, -0.2) is 48.6 Å². The highest BCUT2D eigenvalue weighted by molar-refractivity contribution is 5.78. The maximum Gasteiger partial charge on any atom is 0.234 e. The Morgan fingerprint density at radius 1 is 1.10 bits per heavy atom. The van der Waals surface area contributed by atoms with Gasteiger partial charge in [-0.15, -0.1) is 0 Å². The second-order valence-electron chi connectivity index (χ2n) is 7.19. The Morgan fingerprint density at radius 2 is 1.85 bits per heavy atom. The normalized spacial score (nSPS) is 38.5. The van der Waals surface area contributed by atoms with Gasteiger partial charge in [-0.25, -0.2) is 0 Å². The van der Waals surface area contributed by atoms with E-state index in [-0.39, 0.29) is 5.91 Å². The quantitative estimate of drug-likeness (QED) is 0.823. The lowest BCUT2D eigenvalue weighted by molar-refractivity contribution is -0.123. The van der Waals surface area contributed by atoms with Crippen molar-refractivity contribution in [3.05, 3.63) is 0 Å². The Bertz CT molecular complexity index is 339. The molecule has 0 spiro atoms. The molecule has 3 rings (SSSR count). The van der Waals surface area contributed by atoms with Gasteiger partial charge in [-0.2, -0.15) is 0 Å². The van der Waals surface area contributed by atoms with Gasteiger partial charge in [0, 0.05) is 31.2 Å². The number of rotatable bonds is 3. The molecule has 20 heavy (non-hydrogen) atoms. The number of carbonyl (C=O) groups excluding carboxylic acids is 1. The third-order valence-electron chi connectivity index (χ3n) is 5.36. The van der Waals surface area contributed by atoms with Gasteiger partial charge in [-0.3, -0.25) is 9.69 Å². The Balaban J connectivity index is 1.42. The third-order valence-corrected chi connectivity index (χ3v) is 5.36. The van der Waals surface area contributed by atoms with E-state index in [4.69, 9.17) is 0 Å². The second-order valence-corrected chi connectivity index (χ2v) is 7.19. The van der Waals surface area contributed by atoms with Gasteiger partial charge in [-0.05, 0) is 50.9 Å². The molecule has 2 atom stereocenters. The number of amides is 1. The zero-order chi connectivity index (χ0) is 13.9. The molecule has 2 bridgehead atoms. The summed E-state index contributed by atoms with van der Waals surface area (Å²) < 4.78 is 0. The van der Waals surface area contributed by atoms with Crippen LogP contribution in [0.1, 0.15) is 51.9 Å². The minimum atomic E-state index is 0.238. The first-order valence-corrected chi connectivity index (χ1v) is 8.47. The minimum Gasteiger partial charge on any atom is -0.352 e. The molecule has 2 aliphatic heterocycles. The number of nitrogens with one attached hydrogen (secondary N) is 2. The van der Waals surface area contributed by atoms with Crippen LogP contribution in [0.3, 0.4) is 0 Å². The molecule has 3 fully saturated rings. The van der Waals surface area contributed by atoms with Crippen molar-refractivity contribution in [2.45, 2.75) is 70.0 Å². The average molecular weight is 279 g/mol. The highest BCUT2D eigenvalue weighted by Crippen LogP contribution is 2.23. The molecule has 2 N–H and O–H groups in total. The number of carbonyl (C=O) groups is 1. The van der Waals surface area contributed by atoms with Crippen LogP contribution in [0.15, 0.2) is 0 Å². The molecule has 0 aromatic heterocycles. The van der Waals surface area contributed by atoms with Crippen LogP contribution >= 0.6 is 0 Å². The summed E-state index contributed by atoms with van der Waals surface area (Å²) in [7, 11) is 0. The van der Waals surface area contributed by atoms with E-state index in [0.717, 1.165) is 19.0 Å². The molecule has 1 saturated carbocycles. The van der Waals surface area contributed by atoms with Gasteiger partial charge in [-0.1, -0.05) is 6.92 Å². The van der Waals surface area contributed by atoms with Crippen molar-refractivity contribution < 1.29 is 4.79 Å². The maximum absolute atomic E-state index is 12.2. The predicted octanol–water partition coefficient (Wildman–Crippen LogP) is 1.51. The average Bonchev–Trinajstić information content (AvgIpc) is 2.76. The molecule has 0 aromatic carbocycles. The number of likely N-dealkylation sites (tertiary alicyclic amines) is 1. The second kappa shape index (κ2) is 6.44. The number of hydrogen-bond donors (Lipinski definition) is 2.